The van der Waals surface area contributed by atoms with Gasteiger partial charge in [-0.05, 0) is 87.5 Å². The van der Waals surface area contributed by atoms with Gasteiger partial charge in [-0.1, -0.05) is 24.6 Å². The Labute approximate surface area is 213 Å². The van der Waals surface area contributed by atoms with Gasteiger partial charge in [-0.25, -0.2) is 4.98 Å². The van der Waals surface area contributed by atoms with Gasteiger partial charge < -0.3 is 20.2 Å². The van der Waals surface area contributed by atoms with Gasteiger partial charge >= 0.3 is 0 Å². The van der Waals surface area contributed by atoms with Crippen LogP contribution >= 0.6 is 0 Å². The van der Waals surface area contributed by atoms with Crippen LogP contribution in [-0.2, 0) is 20.8 Å². The molecule has 3 N–H and O–H groups in total. The number of Topliss-reactive ketones (excluding diaryl/α,β-unsaturated/α-hetero) is 1. The lowest BCUT2D eigenvalue weighted by atomic mass is 9.46. The van der Waals surface area contributed by atoms with Crippen molar-refractivity contribution in [2.45, 2.75) is 84.2 Å². The lowest BCUT2D eigenvalue weighted by molar-refractivity contribution is -0.159. The summed E-state index contributed by atoms with van der Waals surface area (Å²) in [6.07, 6.45) is 13.8. The van der Waals surface area contributed by atoms with Gasteiger partial charge in [-0.3, -0.25) is 9.59 Å². The zero-order valence-electron chi connectivity index (χ0n) is 21.8. The molecule has 0 saturated heterocycles. The molecule has 1 amide bonds. The number of nitrogens with zero attached hydrogens (tertiary/aromatic N) is 2. The van der Waals surface area contributed by atoms with Gasteiger partial charge in [0, 0.05) is 30.3 Å². The SMILES string of the molecule is CC(=O)[C@@]1(O)CC[C@@H]2[C@@H]3CCC4=CC(=NOCC(=O)NCCc5cnc[nH]5)CC[C@]4(C)[C@H]3CC[C@@]21C. The number of hydrogen-bond donors (Lipinski definition) is 3. The highest BCUT2D eigenvalue weighted by molar-refractivity contribution is 5.96. The van der Waals surface area contributed by atoms with Gasteiger partial charge in [0.25, 0.3) is 5.91 Å². The molecule has 0 unspecified atom stereocenters. The highest BCUT2D eigenvalue weighted by Crippen LogP contribution is 2.67. The maximum Gasteiger partial charge on any atom is 0.260 e. The number of imidazole rings is 1. The number of H-pyrrole nitrogens is 1. The number of oxime groups is 1. The number of allylic oxidation sites excluding steroid dienone is 2. The van der Waals surface area contributed by atoms with Crippen LogP contribution in [0.1, 0.15) is 77.8 Å². The molecule has 0 aliphatic heterocycles. The maximum atomic E-state index is 12.4. The lowest BCUT2D eigenvalue weighted by Crippen LogP contribution is -2.57. The number of ketones is 1. The first kappa shape index (κ1) is 25.2. The Bertz CT molecular complexity index is 1070. The molecule has 8 heteroatoms. The number of rotatable bonds is 7. The number of aliphatic hydroxyl groups is 1. The van der Waals surface area contributed by atoms with Crippen molar-refractivity contribution in [1.82, 2.24) is 15.3 Å². The molecule has 0 aromatic carbocycles. The molecule has 4 aliphatic rings. The fourth-order valence-electron chi connectivity index (χ4n) is 8.22. The topological polar surface area (TPSA) is 117 Å². The van der Waals surface area contributed by atoms with E-state index in [1.807, 2.05) is 0 Å². The Morgan fingerprint density at radius 3 is 2.75 bits per heavy atom. The van der Waals surface area contributed by atoms with Crippen LogP contribution in [0.4, 0.5) is 0 Å². The van der Waals surface area contributed by atoms with Gasteiger partial charge in [0.2, 0.25) is 0 Å². The van der Waals surface area contributed by atoms with E-state index in [9.17, 15) is 14.7 Å². The van der Waals surface area contributed by atoms with E-state index in [-0.39, 0.29) is 29.1 Å². The Morgan fingerprint density at radius 2 is 2.00 bits per heavy atom. The monoisotopic (exact) mass is 496 g/mol. The molecule has 0 bridgehead atoms. The van der Waals surface area contributed by atoms with Crippen molar-refractivity contribution in [2.75, 3.05) is 13.2 Å². The van der Waals surface area contributed by atoms with E-state index < -0.39 is 5.60 Å². The summed E-state index contributed by atoms with van der Waals surface area (Å²) in [5.74, 6) is 1.31. The molecule has 1 heterocycles. The standard InChI is InChI=1S/C28H40N4O4/c1-18(33)28(35)12-8-24-22-5-4-19-14-20(6-10-26(19,2)23(22)7-11-27(24,28)3)32-36-16-25(34)30-13-9-21-15-29-17-31-21/h14-15,17,22-24,35H,4-13,16H2,1-3H3,(H,29,31)(H,30,34)/t22-,23+,24-,26+,27+,28+/m1/s1. The number of amides is 1. The minimum Gasteiger partial charge on any atom is -0.385 e. The van der Waals surface area contributed by atoms with E-state index in [0.29, 0.717) is 37.1 Å². The largest absolute Gasteiger partial charge is 0.385 e. The van der Waals surface area contributed by atoms with Crippen LogP contribution < -0.4 is 5.32 Å². The highest BCUT2D eigenvalue weighted by atomic mass is 16.6. The number of hydrogen-bond acceptors (Lipinski definition) is 6. The molecule has 1 aromatic heterocycles. The summed E-state index contributed by atoms with van der Waals surface area (Å²) >= 11 is 0. The summed E-state index contributed by atoms with van der Waals surface area (Å²) in [6, 6.07) is 0. The third-order valence-electron chi connectivity index (χ3n) is 10.4. The Morgan fingerprint density at radius 1 is 1.19 bits per heavy atom. The molecule has 1 aromatic rings. The third-order valence-corrected chi connectivity index (χ3v) is 10.4. The van der Waals surface area contributed by atoms with Crippen LogP contribution in [-0.4, -0.2) is 51.2 Å². The number of aromatic amines is 1. The van der Waals surface area contributed by atoms with E-state index in [0.717, 1.165) is 56.4 Å². The van der Waals surface area contributed by atoms with E-state index in [2.05, 4.69) is 40.4 Å². The molecule has 4 aliphatic carbocycles. The Hall–Kier alpha value is -2.48. The Kier molecular flexibility index (Phi) is 6.60. The van der Waals surface area contributed by atoms with E-state index in [4.69, 9.17) is 4.84 Å². The Balaban J connectivity index is 1.19. The van der Waals surface area contributed by atoms with E-state index in [1.165, 1.54) is 5.57 Å². The quantitative estimate of drug-likeness (QED) is 0.498. The summed E-state index contributed by atoms with van der Waals surface area (Å²) < 4.78 is 0. The molecule has 3 fully saturated rings. The second-order valence-corrected chi connectivity index (χ2v) is 11.9. The van der Waals surface area contributed by atoms with E-state index in [1.54, 1.807) is 19.4 Å². The summed E-state index contributed by atoms with van der Waals surface area (Å²) in [7, 11) is 0. The first-order valence-electron chi connectivity index (χ1n) is 13.5. The summed E-state index contributed by atoms with van der Waals surface area (Å²) in [4.78, 5) is 36.9. The van der Waals surface area contributed by atoms with Crippen molar-refractivity contribution >= 4 is 17.4 Å². The first-order valence-corrected chi connectivity index (χ1v) is 13.5. The predicted molar refractivity (Wildman–Crippen MR) is 136 cm³/mol. The van der Waals surface area contributed by atoms with Gasteiger partial charge in [-0.15, -0.1) is 0 Å². The summed E-state index contributed by atoms with van der Waals surface area (Å²) in [5.41, 5.74) is 2.02. The van der Waals surface area contributed by atoms with Crippen LogP contribution in [0, 0.1) is 28.6 Å². The number of nitrogens with one attached hydrogen (secondary N) is 2. The smallest absolute Gasteiger partial charge is 0.260 e. The molecular formula is C28H40N4O4. The molecule has 0 radical (unpaired) electrons. The number of fused-ring (bicyclic) bond motifs is 5. The van der Waals surface area contributed by atoms with Crippen LogP contribution in [0.25, 0.3) is 0 Å². The molecule has 8 nitrogen and oxygen atoms in total. The third kappa shape index (κ3) is 4.11. The molecule has 36 heavy (non-hydrogen) atoms. The van der Waals surface area contributed by atoms with E-state index >= 15 is 0 Å². The summed E-state index contributed by atoms with van der Waals surface area (Å²) in [5, 5.41) is 18.5. The average Bonchev–Trinajstić information content (AvgIpc) is 3.46. The van der Waals surface area contributed by atoms with Gasteiger partial charge in [0.1, 0.15) is 5.60 Å². The minimum absolute atomic E-state index is 0.0569. The van der Waals surface area contributed by atoms with Gasteiger partial charge in [-0.2, -0.15) is 0 Å². The number of carbonyl (C=O) groups excluding carboxylic acids is 2. The zero-order chi connectivity index (χ0) is 25.6. The molecule has 6 atom stereocenters. The van der Waals surface area contributed by atoms with Crippen molar-refractivity contribution in [1.29, 1.82) is 0 Å². The molecule has 196 valence electrons. The van der Waals surface area contributed by atoms with Crippen molar-refractivity contribution in [3.05, 3.63) is 29.9 Å². The van der Waals surface area contributed by atoms with Crippen molar-refractivity contribution in [3.63, 3.8) is 0 Å². The predicted octanol–water partition coefficient (Wildman–Crippen LogP) is 3.72. The lowest BCUT2D eigenvalue weighted by Gasteiger charge is -2.59. The normalized spacial score (nSPS) is 38.5. The molecule has 3 saturated carbocycles. The van der Waals surface area contributed by atoms with Crippen LogP contribution in [0.2, 0.25) is 0 Å². The van der Waals surface area contributed by atoms with Crippen molar-refractivity contribution in [2.24, 2.45) is 33.7 Å². The second kappa shape index (κ2) is 9.43. The zero-order valence-corrected chi connectivity index (χ0v) is 21.8. The van der Waals surface area contributed by atoms with Gasteiger partial charge in [0.05, 0.1) is 12.0 Å². The molecular weight excluding hydrogens is 456 g/mol. The maximum absolute atomic E-state index is 12.4. The van der Waals surface area contributed by atoms with Gasteiger partial charge in [0.15, 0.2) is 12.4 Å². The number of carbonyl (C=O) groups is 2. The highest BCUT2D eigenvalue weighted by Gasteiger charge is 2.65. The van der Waals surface area contributed by atoms with Crippen LogP contribution in [0.3, 0.4) is 0 Å². The van der Waals surface area contributed by atoms with Crippen molar-refractivity contribution < 1.29 is 19.5 Å². The van der Waals surface area contributed by atoms with Crippen molar-refractivity contribution in [3.8, 4) is 0 Å². The minimum atomic E-state index is -1.16. The van der Waals surface area contributed by atoms with Crippen LogP contribution in [0.5, 0.6) is 0 Å². The van der Waals surface area contributed by atoms with Crippen LogP contribution in [0.15, 0.2) is 29.3 Å². The summed E-state index contributed by atoms with van der Waals surface area (Å²) in [6.45, 7) is 6.59. The molecule has 0 spiro atoms. The fourth-order valence-corrected chi connectivity index (χ4v) is 8.22. The average molecular weight is 497 g/mol. The fraction of sp³-hybridized carbons (Fsp3) is 0.714. The second-order valence-electron chi connectivity index (χ2n) is 11.9. The number of aromatic nitrogens is 2. The first-order chi connectivity index (χ1) is 17.2. The molecule has 5 rings (SSSR count).